The SMILES string of the molecule is Cc1c[nH]c2ncnc(N3CCC(CN(NC(=O)OC(C)(C)C)C(=O)C4CC4)(C(=O)Nc4cccc(OC(=O)N(C)C)c4)CC3)c12. The van der Waals surface area contributed by atoms with Crippen molar-refractivity contribution in [3.63, 3.8) is 0 Å². The number of aromatic nitrogens is 3. The summed E-state index contributed by atoms with van der Waals surface area (Å²) in [5, 5.41) is 5.17. The van der Waals surface area contributed by atoms with Crippen LogP contribution in [0.4, 0.5) is 21.1 Å². The normalized spacial score (nSPS) is 16.0. The van der Waals surface area contributed by atoms with Crippen LogP contribution in [0.25, 0.3) is 11.0 Å². The van der Waals surface area contributed by atoms with Crippen LogP contribution in [0.5, 0.6) is 5.75 Å². The molecule has 2 fully saturated rings. The molecule has 0 bridgehead atoms. The molecule has 1 aliphatic carbocycles. The van der Waals surface area contributed by atoms with Crippen LogP contribution in [-0.4, -0.2) is 88.2 Å². The Balaban J connectivity index is 1.42. The third kappa shape index (κ3) is 7.49. The molecule has 246 valence electrons. The highest BCUT2D eigenvalue weighted by atomic mass is 16.6. The number of amides is 4. The number of fused-ring (bicyclic) bond motifs is 1. The van der Waals surface area contributed by atoms with Crippen molar-refractivity contribution < 1.29 is 28.7 Å². The van der Waals surface area contributed by atoms with E-state index in [1.807, 2.05) is 13.1 Å². The first-order valence-corrected chi connectivity index (χ1v) is 15.4. The van der Waals surface area contributed by atoms with Gasteiger partial charge in [-0.2, -0.15) is 0 Å². The number of hydrazine groups is 1. The zero-order valence-corrected chi connectivity index (χ0v) is 27.2. The number of nitrogens with one attached hydrogen (secondary N) is 3. The second-order valence-corrected chi connectivity index (χ2v) is 13.2. The zero-order chi connectivity index (χ0) is 33.2. The van der Waals surface area contributed by atoms with Crippen LogP contribution >= 0.6 is 0 Å². The van der Waals surface area contributed by atoms with E-state index in [9.17, 15) is 19.2 Å². The fourth-order valence-corrected chi connectivity index (χ4v) is 5.47. The Bertz CT molecular complexity index is 1620. The first-order chi connectivity index (χ1) is 21.7. The van der Waals surface area contributed by atoms with Crippen LogP contribution in [0, 0.1) is 18.3 Å². The maximum absolute atomic E-state index is 14.3. The van der Waals surface area contributed by atoms with Gasteiger partial charge in [-0.25, -0.2) is 25.0 Å². The van der Waals surface area contributed by atoms with Crippen LogP contribution in [0.3, 0.4) is 0 Å². The summed E-state index contributed by atoms with van der Waals surface area (Å²) < 4.78 is 10.8. The van der Waals surface area contributed by atoms with Crippen LogP contribution in [-0.2, 0) is 14.3 Å². The van der Waals surface area contributed by atoms with Crippen molar-refractivity contribution in [2.75, 3.05) is 43.9 Å². The average Bonchev–Trinajstić information content (AvgIpc) is 3.78. The molecular formula is C32H42N8O6. The lowest BCUT2D eigenvalue weighted by molar-refractivity contribution is -0.141. The third-order valence-corrected chi connectivity index (χ3v) is 8.09. The minimum absolute atomic E-state index is 0.0566. The van der Waals surface area contributed by atoms with E-state index in [-0.39, 0.29) is 30.0 Å². The van der Waals surface area contributed by atoms with Crippen molar-refractivity contribution in [2.24, 2.45) is 11.3 Å². The number of anilines is 2. The highest BCUT2D eigenvalue weighted by molar-refractivity contribution is 5.97. The second kappa shape index (κ2) is 12.9. The monoisotopic (exact) mass is 634 g/mol. The molecule has 1 aliphatic heterocycles. The fourth-order valence-electron chi connectivity index (χ4n) is 5.47. The molecule has 1 saturated heterocycles. The van der Waals surface area contributed by atoms with Crippen LogP contribution in [0.1, 0.15) is 52.0 Å². The topological polar surface area (TPSA) is 162 Å². The maximum atomic E-state index is 14.3. The number of H-pyrrole nitrogens is 1. The minimum Gasteiger partial charge on any atom is -0.443 e. The van der Waals surface area contributed by atoms with E-state index in [4.69, 9.17) is 9.47 Å². The van der Waals surface area contributed by atoms with Gasteiger partial charge in [0.1, 0.15) is 29.1 Å². The van der Waals surface area contributed by atoms with E-state index in [1.54, 1.807) is 59.1 Å². The van der Waals surface area contributed by atoms with Crippen molar-refractivity contribution in [3.8, 4) is 5.75 Å². The van der Waals surface area contributed by atoms with Crippen molar-refractivity contribution in [3.05, 3.63) is 42.4 Å². The minimum atomic E-state index is -1.09. The standard InChI is InChI=1S/C32H42N8O6/c1-20-17-33-25-24(20)26(35-19-34-25)39-14-12-32(13-15-39,18-40(27(41)21-10-11-21)37-29(43)46-31(2,3)4)28(42)36-22-8-7-9-23(16-22)45-30(44)38(5)6/h7-9,16-17,19,21H,10-15,18H2,1-6H3,(H,36,42)(H,37,43)(H,33,34,35). The molecule has 0 atom stereocenters. The Morgan fingerprint density at radius 3 is 2.48 bits per heavy atom. The predicted octanol–water partition coefficient (Wildman–Crippen LogP) is 4.23. The van der Waals surface area contributed by atoms with Gasteiger partial charge in [-0.1, -0.05) is 6.07 Å². The van der Waals surface area contributed by atoms with Crippen LogP contribution < -0.4 is 20.4 Å². The number of nitrogens with zero attached hydrogens (tertiary/aromatic N) is 5. The molecule has 14 heteroatoms. The summed E-state index contributed by atoms with van der Waals surface area (Å²) in [7, 11) is 3.15. The Hall–Kier alpha value is -4.88. The molecule has 0 unspecified atom stereocenters. The number of carbonyl (C=O) groups excluding carboxylic acids is 4. The molecule has 1 aromatic carbocycles. The van der Waals surface area contributed by atoms with Gasteiger partial charge in [-0.15, -0.1) is 0 Å². The molecule has 1 saturated carbocycles. The molecular weight excluding hydrogens is 592 g/mol. The van der Waals surface area contributed by atoms with Gasteiger partial charge in [0.15, 0.2) is 0 Å². The van der Waals surface area contributed by atoms with Gasteiger partial charge in [0, 0.05) is 51.1 Å². The zero-order valence-electron chi connectivity index (χ0n) is 27.2. The number of aryl methyl sites for hydroxylation is 1. The highest BCUT2D eigenvalue weighted by Gasteiger charge is 2.46. The largest absolute Gasteiger partial charge is 0.443 e. The molecule has 2 aliphatic rings. The molecule has 46 heavy (non-hydrogen) atoms. The fraction of sp³-hybridized carbons (Fsp3) is 0.500. The summed E-state index contributed by atoms with van der Waals surface area (Å²) >= 11 is 0. The smallest absolute Gasteiger partial charge is 0.426 e. The lowest BCUT2D eigenvalue weighted by Gasteiger charge is -2.43. The van der Waals surface area contributed by atoms with Crippen LogP contribution in [0.2, 0.25) is 0 Å². The number of hydrogen-bond donors (Lipinski definition) is 3. The Morgan fingerprint density at radius 2 is 1.83 bits per heavy atom. The summed E-state index contributed by atoms with van der Waals surface area (Å²) in [6.45, 7) is 8.07. The molecule has 3 heterocycles. The second-order valence-electron chi connectivity index (χ2n) is 13.2. The summed E-state index contributed by atoms with van der Waals surface area (Å²) in [6, 6.07) is 6.57. The van der Waals surface area contributed by atoms with Gasteiger partial charge in [0.25, 0.3) is 0 Å². The lowest BCUT2D eigenvalue weighted by atomic mass is 9.76. The average molecular weight is 635 g/mol. The van der Waals surface area contributed by atoms with Gasteiger partial charge < -0.3 is 29.6 Å². The van der Waals surface area contributed by atoms with Gasteiger partial charge in [0.2, 0.25) is 11.8 Å². The number of benzene rings is 1. The van der Waals surface area contributed by atoms with E-state index in [0.29, 0.717) is 31.6 Å². The first kappa shape index (κ1) is 32.5. The number of aromatic amines is 1. The highest BCUT2D eigenvalue weighted by Crippen LogP contribution is 2.39. The van der Waals surface area contributed by atoms with Crippen molar-refractivity contribution in [1.29, 1.82) is 0 Å². The molecule has 5 rings (SSSR count). The number of hydrogen-bond acceptors (Lipinski definition) is 9. The molecule has 4 amide bonds. The summed E-state index contributed by atoms with van der Waals surface area (Å²) in [4.78, 5) is 68.3. The quantitative estimate of drug-likeness (QED) is 0.323. The van der Waals surface area contributed by atoms with Gasteiger partial charge in [-0.05, 0) is 71.1 Å². The van der Waals surface area contributed by atoms with Crippen molar-refractivity contribution in [2.45, 2.75) is 59.0 Å². The lowest BCUT2D eigenvalue weighted by Crippen LogP contribution is -2.58. The molecule has 0 radical (unpaired) electrons. The van der Waals surface area contributed by atoms with Crippen molar-refractivity contribution >= 4 is 46.5 Å². The number of rotatable bonds is 7. The van der Waals surface area contributed by atoms with E-state index in [0.717, 1.165) is 35.3 Å². The van der Waals surface area contributed by atoms with E-state index >= 15 is 0 Å². The van der Waals surface area contributed by atoms with E-state index in [2.05, 4.69) is 30.6 Å². The molecule has 2 aromatic heterocycles. The van der Waals surface area contributed by atoms with Gasteiger partial charge >= 0.3 is 12.2 Å². The van der Waals surface area contributed by atoms with E-state index < -0.39 is 23.2 Å². The number of piperidine rings is 1. The van der Waals surface area contributed by atoms with Crippen LogP contribution in [0.15, 0.2) is 36.8 Å². The molecule has 3 N–H and O–H groups in total. The predicted molar refractivity (Wildman–Crippen MR) is 171 cm³/mol. The Kier molecular flexibility index (Phi) is 9.08. The van der Waals surface area contributed by atoms with Gasteiger partial charge in [-0.3, -0.25) is 14.6 Å². The molecule has 0 spiro atoms. The number of carbonyl (C=O) groups is 4. The van der Waals surface area contributed by atoms with Gasteiger partial charge in [0.05, 0.1) is 17.3 Å². The summed E-state index contributed by atoms with van der Waals surface area (Å²) in [5.74, 6) is 0.245. The first-order valence-electron chi connectivity index (χ1n) is 15.4. The maximum Gasteiger partial charge on any atom is 0.426 e. The van der Waals surface area contributed by atoms with Crippen molar-refractivity contribution in [1.82, 2.24) is 30.3 Å². The Labute approximate surface area is 267 Å². The number of ether oxygens (including phenoxy) is 2. The molecule has 3 aromatic rings. The summed E-state index contributed by atoms with van der Waals surface area (Å²) in [5.41, 5.74) is 2.94. The Morgan fingerprint density at radius 1 is 1.11 bits per heavy atom. The third-order valence-electron chi connectivity index (χ3n) is 8.09. The summed E-state index contributed by atoms with van der Waals surface area (Å²) in [6.07, 6.45) is 4.23. The van der Waals surface area contributed by atoms with E-state index in [1.165, 1.54) is 16.2 Å². The molecule has 14 nitrogen and oxygen atoms in total.